The first-order valence-corrected chi connectivity index (χ1v) is 6.34. The summed E-state index contributed by atoms with van der Waals surface area (Å²) < 4.78 is 15.3. The number of esters is 1. The number of thiazole rings is 1. The third kappa shape index (κ3) is 2.39. The lowest BCUT2D eigenvalue weighted by Gasteiger charge is -2.11. The van der Waals surface area contributed by atoms with Gasteiger partial charge in [-0.3, -0.25) is 0 Å². The zero-order valence-electron chi connectivity index (χ0n) is 10.8. The number of aromatic nitrogens is 1. The molecule has 2 aromatic rings. The molecule has 0 spiro atoms. The molecule has 0 amide bonds. The number of hydrogen-bond donors (Lipinski definition) is 0. The molecule has 0 unspecified atom stereocenters. The number of benzene rings is 1. The third-order valence-corrected chi connectivity index (χ3v) is 3.45. The van der Waals surface area contributed by atoms with E-state index in [4.69, 9.17) is 14.2 Å². The van der Waals surface area contributed by atoms with Gasteiger partial charge < -0.3 is 14.2 Å². The Kier molecular flexibility index (Phi) is 4.01. The maximum Gasteiger partial charge on any atom is 0.358 e. The molecule has 2 rings (SSSR count). The Morgan fingerprint density at radius 1 is 1.21 bits per heavy atom. The largest absolute Gasteiger partial charge is 0.493 e. The molecule has 1 aromatic carbocycles. The summed E-state index contributed by atoms with van der Waals surface area (Å²) in [5.74, 6) is 0.699. The summed E-state index contributed by atoms with van der Waals surface area (Å²) in [4.78, 5) is 16.4. The molecule has 0 radical (unpaired) electrons. The minimum absolute atomic E-state index is 0.277. The lowest BCUT2D eigenvalue weighted by atomic mass is 10.1. The number of nitrogens with zero attached hydrogens (tertiary/aromatic N) is 1. The molecule has 0 saturated carbocycles. The quantitative estimate of drug-likeness (QED) is 0.805. The highest BCUT2D eigenvalue weighted by molar-refractivity contribution is 7.13. The van der Waals surface area contributed by atoms with Crippen LogP contribution in [0.25, 0.3) is 10.4 Å². The lowest BCUT2D eigenvalue weighted by molar-refractivity contribution is 0.0596. The number of carbonyl (C=O) groups is 1. The predicted molar refractivity (Wildman–Crippen MR) is 72.0 cm³/mol. The van der Waals surface area contributed by atoms with Gasteiger partial charge in [0.2, 0.25) is 0 Å². The molecule has 6 heteroatoms. The lowest BCUT2D eigenvalue weighted by Crippen LogP contribution is -2.03. The van der Waals surface area contributed by atoms with Crippen LogP contribution in [0.1, 0.15) is 10.5 Å². The average molecular weight is 279 g/mol. The fourth-order valence-corrected chi connectivity index (χ4v) is 2.54. The Morgan fingerprint density at radius 3 is 2.63 bits per heavy atom. The molecular formula is C13H13NO4S. The number of rotatable bonds is 4. The van der Waals surface area contributed by atoms with Crippen LogP contribution in [0.5, 0.6) is 11.5 Å². The second-order valence-corrected chi connectivity index (χ2v) is 4.42. The van der Waals surface area contributed by atoms with E-state index < -0.39 is 5.97 Å². The van der Waals surface area contributed by atoms with E-state index in [1.54, 1.807) is 25.8 Å². The fourth-order valence-electron chi connectivity index (χ4n) is 1.75. The summed E-state index contributed by atoms with van der Waals surface area (Å²) in [6, 6.07) is 5.47. The highest BCUT2D eigenvalue weighted by Gasteiger charge is 2.21. The maximum absolute atomic E-state index is 11.7. The molecule has 0 N–H and O–H groups in total. The van der Waals surface area contributed by atoms with Crippen LogP contribution in [0, 0.1) is 0 Å². The summed E-state index contributed by atoms with van der Waals surface area (Å²) >= 11 is 1.35. The molecule has 0 atom stereocenters. The van der Waals surface area contributed by atoms with Crippen molar-refractivity contribution in [2.24, 2.45) is 0 Å². The molecule has 0 aliphatic heterocycles. The van der Waals surface area contributed by atoms with Crippen LogP contribution < -0.4 is 9.47 Å². The standard InChI is InChI=1S/C13H13NO4S/c1-16-9-6-4-5-8(11(9)17-2)12-10(13(15)18-3)14-7-19-12/h4-7H,1-3H3. The van der Waals surface area contributed by atoms with Gasteiger partial charge in [-0.1, -0.05) is 6.07 Å². The zero-order chi connectivity index (χ0) is 13.8. The van der Waals surface area contributed by atoms with Crippen molar-refractivity contribution >= 4 is 17.3 Å². The first-order valence-electron chi connectivity index (χ1n) is 5.46. The predicted octanol–water partition coefficient (Wildman–Crippen LogP) is 2.61. The maximum atomic E-state index is 11.7. The summed E-state index contributed by atoms with van der Waals surface area (Å²) in [6.45, 7) is 0. The van der Waals surface area contributed by atoms with Crippen molar-refractivity contribution in [3.05, 3.63) is 29.4 Å². The van der Waals surface area contributed by atoms with Crippen LogP contribution in [-0.4, -0.2) is 32.3 Å². The molecule has 0 fully saturated rings. The summed E-state index contributed by atoms with van der Waals surface area (Å²) in [6.07, 6.45) is 0. The van der Waals surface area contributed by atoms with E-state index >= 15 is 0 Å². The third-order valence-electron chi connectivity index (χ3n) is 2.59. The molecule has 5 nitrogen and oxygen atoms in total. The van der Waals surface area contributed by atoms with Crippen LogP contribution in [0.4, 0.5) is 0 Å². The Labute approximate surface area is 114 Å². The Morgan fingerprint density at radius 2 is 2.00 bits per heavy atom. The number of para-hydroxylation sites is 1. The van der Waals surface area contributed by atoms with E-state index in [0.717, 1.165) is 5.56 Å². The summed E-state index contributed by atoms with van der Waals surface area (Å²) in [7, 11) is 4.45. The van der Waals surface area contributed by atoms with Crippen molar-refractivity contribution < 1.29 is 19.0 Å². The summed E-state index contributed by atoms with van der Waals surface area (Å²) in [5, 5.41) is 0. The number of carbonyl (C=O) groups excluding carboxylic acids is 1. The first kappa shape index (κ1) is 13.4. The van der Waals surface area contributed by atoms with Gasteiger partial charge in [0, 0.05) is 5.56 Å². The van der Waals surface area contributed by atoms with E-state index in [1.807, 2.05) is 12.1 Å². The van der Waals surface area contributed by atoms with Crippen molar-refractivity contribution in [3.63, 3.8) is 0 Å². The normalized spacial score (nSPS) is 10.1. The van der Waals surface area contributed by atoms with E-state index in [2.05, 4.69) is 4.98 Å². The van der Waals surface area contributed by atoms with E-state index in [1.165, 1.54) is 18.4 Å². The van der Waals surface area contributed by atoms with E-state index in [9.17, 15) is 4.79 Å². The van der Waals surface area contributed by atoms with Crippen LogP contribution in [-0.2, 0) is 4.74 Å². The van der Waals surface area contributed by atoms with Gasteiger partial charge in [-0.05, 0) is 12.1 Å². The van der Waals surface area contributed by atoms with E-state index in [-0.39, 0.29) is 5.69 Å². The number of methoxy groups -OCH3 is 3. The van der Waals surface area contributed by atoms with Crippen molar-refractivity contribution in [3.8, 4) is 21.9 Å². The monoisotopic (exact) mass is 279 g/mol. The molecule has 0 aliphatic rings. The van der Waals surface area contributed by atoms with Crippen molar-refractivity contribution in [1.82, 2.24) is 4.98 Å². The highest BCUT2D eigenvalue weighted by Crippen LogP contribution is 2.40. The molecule has 1 aromatic heterocycles. The number of ether oxygens (including phenoxy) is 3. The van der Waals surface area contributed by atoms with Gasteiger partial charge in [-0.25, -0.2) is 9.78 Å². The van der Waals surface area contributed by atoms with Crippen molar-refractivity contribution in [1.29, 1.82) is 0 Å². The minimum Gasteiger partial charge on any atom is -0.493 e. The first-order chi connectivity index (χ1) is 9.22. The Balaban J connectivity index is 2.59. The van der Waals surface area contributed by atoms with Crippen LogP contribution in [0.2, 0.25) is 0 Å². The van der Waals surface area contributed by atoms with Crippen molar-refractivity contribution in [2.45, 2.75) is 0 Å². The van der Waals surface area contributed by atoms with Gasteiger partial charge in [0.15, 0.2) is 17.2 Å². The topological polar surface area (TPSA) is 57.7 Å². The van der Waals surface area contributed by atoms with Crippen LogP contribution in [0.15, 0.2) is 23.7 Å². The van der Waals surface area contributed by atoms with E-state index in [0.29, 0.717) is 16.4 Å². The Bertz CT molecular complexity index is 594. The average Bonchev–Trinajstić information content (AvgIpc) is 2.94. The van der Waals surface area contributed by atoms with Gasteiger partial charge in [-0.15, -0.1) is 11.3 Å². The fraction of sp³-hybridized carbons (Fsp3) is 0.231. The zero-order valence-corrected chi connectivity index (χ0v) is 11.6. The van der Waals surface area contributed by atoms with Gasteiger partial charge in [0.05, 0.1) is 31.7 Å². The summed E-state index contributed by atoms with van der Waals surface area (Å²) in [5.41, 5.74) is 2.63. The molecule has 19 heavy (non-hydrogen) atoms. The SMILES string of the molecule is COC(=O)c1ncsc1-c1cccc(OC)c1OC. The molecule has 100 valence electrons. The van der Waals surface area contributed by atoms with Gasteiger partial charge >= 0.3 is 5.97 Å². The second kappa shape index (κ2) is 5.71. The van der Waals surface area contributed by atoms with Gasteiger partial charge in [0.1, 0.15) is 0 Å². The molecule has 0 bridgehead atoms. The van der Waals surface area contributed by atoms with Gasteiger partial charge in [0.25, 0.3) is 0 Å². The smallest absolute Gasteiger partial charge is 0.358 e. The molecule has 0 aliphatic carbocycles. The molecule has 1 heterocycles. The second-order valence-electron chi connectivity index (χ2n) is 3.56. The van der Waals surface area contributed by atoms with Crippen LogP contribution in [0.3, 0.4) is 0 Å². The number of hydrogen-bond acceptors (Lipinski definition) is 6. The molecule has 0 saturated heterocycles. The molecular weight excluding hydrogens is 266 g/mol. The van der Waals surface area contributed by atoms with Gasteiger partial charge in [-0.2, -0.15) is 0 Å². The van der Waals surface area contributed by atoms with Crippen LogP contribution >= 0.6 is 11.3 Å². The minimum atomic E-state index is -0.471. The Hall–Kier alpha value is -2.08. The van der Waals surface area contributed by atoms with Crippen molar-refractivity contribution in [2.75, 3.05) is 21.3 Å². The highest BCUT2D eigenvalue weighted by atomic mass is 32.1.